The Morgan fingerprint density at radius 1 is 0.844 bits per heavy atom. The van der Waals surface area contributed by atoms with Crippen molar-refractivity contribution >= 4 is 16.6 Å². The standard InChI is InChI=1S/C25H52O5Si2/c1-24(2,3)31(7,8)28-19-22-18-21(30-32(9,10)25(4,5)6)17-20(29-22)14-16-27-23-13-11-12-15-26-23/h20-23H,11-19H2,1-10H3/t20-,21+,22-,23?/m0/s1. The lowest BCUT2D eigenvalue weighted by atomic mass is 9.99. The summed E-state index contributed by atoms with van der Waals surface area (Å²) < 4.78 is 31.7. The Kier molecular flexibility index (Phi) is 10.1. The number of ether oxygens (including phenoxy) is 3. The Labute approximate surface area is 200 Å². The molecule has 0 amide bonds. The van der Waals surface area contributed by atoms with Crippen LogP contribution in [-0.2, 0) is 23.1 Å². The summed E-state index contributed by atoms with van der Waals surface area (Å²) in [5.41, 5.74) is 0. The molecule has 190 valence electrons. The molecule has 0 N–H and O–H groups in total. The maximum absolute atomic E-state index is 6.85. The van der Waals surface area contributed by atoms with E-state index in [-0.39, 0.29) is 34.7 Å². The molecular weight excluding hydrogens is 436 g/mol. The van der Waals surface area contributed by atoms with Crippen molar-refractivity contribution in [1.29, 1.82) is 0 Å². The fraction of sp³-hybridized carbons (Fsp3) is 1.00. The van der Waals surface area contributed by atoms with Crippen molar-refractivity contribution in [3.05, 3.63) is 0 Å². The topological polar surface area (TPSA) is 46.2 Å². The summed E-state index contributed by atoms with van der Waals surface area (Å²) in [6.07, 6.45) is 6.52. The summed E-state index contributed by atoms with van der Waals surface area (Å²) in [5.74, 6) is 0. The monoisotopic (exact) mass is 488 g/mol. The SMILES string of the molecule is CC(C)(C)[Si](C)(C)OC[C@@H]1C[C@H](O[Si](C)(C)C(C)(C)C)C[C@H](CCOC2CCCCO2)O1. The summed E-state index contributed by atoms with van der Waals surface area (Å²) in [6.45, 7) is 25.3. The van der Waals surface area contributed by atoms with E-state index < -0.39 is 16.6 Å². The summed E-state index contributed by atoms with van der Waals surface area (Å²) in [5, 5.41) is 0.404. The Morgan fingerprint density at radius 2 is 1.47 bits per heavy atom. The molecular formula is C25H52O5Si2. The van der Waals surface area contributed by atoms with Crippen LogP contribution < -0.4 is 0 Å². The van der Waals surface area contributed by atoms with E-state index in [1.165, 1.54) is 6.42 Å². The van der Waals surface area contributed by atoms with Gasteiger partial charge in [0.2, 0.25) is 0 Å². The molecule has 2 aliphatic rings. The lowest BCUT2D eigenvalue weighted by molar-refractivity contribution is -0.173. The van der Waals surface area contributed by atoms with Crippen molar-refractivity contribution in [3.8, 4) is 0 Å². The summed E-state index contributed by atoms with van der Waals surface area (Å²) >= 11 is 0. The molecule has 32 heavy (non-hydrogen) atoms. The van der Waals surface area contributed by atoms with E-state index in [1.54, 1.807) is 0 Å². The third kappa shape index (κ3) is 8.47. The van der Waals surface area contributed by atoms with Gasteiger partial charge in [0, 0.05) is 13.0 Å². The fourth-order valence-corrected chi connectivity index (χ4v) is 6.16. The van der Waals surface area contributed by atoms with Crippen LogP contribution in [0.25, 0.3) is 0 Å². The first kappa shape index (κ1) is 28.5. The van der Waals surface area contributed by atoms with Gasteiger partial charge < -0.3 is 23.1 Å². The molecule has 0 aromatic rings. The molecule has 0 saturated carbocycles. The third-order valence-electron chi connectivity index (χ3n) is 8.02. The molecule has 0 aromatic carbocycles. The van der Waals surface area contributed by atoms with Crippen molar-refractivity contribution in [2.45, 2.75) is 141 Å². The molecule has 2 fully saturated rings. The second-order valence-electron chi connectivity index (χ2n) is 12.9. The second-order valence-corrected chi connectivity index (χ2v) is 22.4. The average Bonchev–Trinajstić information content (AvgIpc) is 2.65. The molecule has 0 bridgehead atoms. The Hall–Kier alpha value is 0.234. The highest BCUT2D eigenvalue weighted by Gasteiger charge is 2.43. The van der Waals surface area contributed by atoms with Crippen LogP contribution in [0, 0.1) is 0 Å². The molecule has 1 unspecified atom stereocenters. The smallest absolute Gasteiger partial charge is 0.192 e. The molecule has 5 nitrogen and oxygen atoms in total. The van der Waals surface area contributed by atoms with Crippen molar-refractivity contribution in [3.63, 3.8) is 0 Å². The number of hydrogen-bond acceptors (Lipinski definition) is 5. The van der Waals surface area contributed by atoms with Gasteiger partial charge in [-0.3, -0.25) is 0 Å². The first-order chi connectivity index (χ1) is 14.6. The van der Waals surface area contributed by atoms with E-state index in [0.717, 1.165) is 38.7 Å². The van der Waals surface area contributed by atoms with Crippen LogP contribution in [0.3, 0.4) is 0 Å². The quantitative estimate of drug-likeness (QED) is 0.331. The van der Waals surface area contributed by atoms with E-state index >= 15 is 0 Å². The highest BCUT2D eigenvalue weighted by Crippen LogP contribution is 2.40. The Bertz CT molecular complexity index is 562. The maximum Gasteiger partial charge on any atom is 0.192 e. The van der Waals surface area contributed by atoms with Gasteiger partial charge in [-0.25, -0.2) is 0 Å². The van der Waals surface area contributed by atoms with Gasteiger partial charge in [-0.2, -0.15) is 0 Å². The zero-order valence-electron chi connectivity index (χ0n) is 22.7. The molecule has 0 radical (unpaired) electrons. The predicted octanol–water partition coefficient (Wildman–Crippen LogP) is 6.88. The highest BCUT2D eigenvalue weighted by atomic mass is 28.4. The minimum Gasteiger partial charge on any atom is -0.414 e. The largest absolute Gasteiger partial charge is 0.414 e. The van der Waals surface area contributed by atoms with Crippen molar-refractivity contribution in [2.75, 3.05) is 19.8 Å². The zero-order valence-corrected chi connectivity index (χ0v) is 24.7. The normalized spacial score (nSPS) is 28.7. The fourth-order valence-electron chi connectivity index (χ4n) is 3.74. The van der Waals surface area contributed by atoms with Crippen LogP contribution in [0.15, 0.2) is 0 Å². The van der Waals surface area contributed by atoms with Gasteiger partial charge in [0.15, 0.2) is 22.9 Å². The molecule has 0 aliphatic carbocycles. The summed E-state index contributed by atoms with van der Waals surface area (Å²) in [4.78, 5) is 0. The van der Waals surface area contributed by atoms with Gasteiger partial charge in [0.25, 0.3) is 0 Å². The van der Waals surface area contributed by atoms with Crippen molar-refractivity contribution < 1.29 is 23.1 Å². The molecule has 0 spiro atoms. The molecule has 7 heteroatoms. The maximum atomic E-state index is 6.85. The van der Waals surface area contributed by atoms with Gasteiger partial charge in [0.1, 0.15) is 0 Å². The minimum absolute atomic E-state index is 0.0377. The third-order valence-corrected chi connectivity index (χ3v) is 17.1. The zero-order chi connectivity index (χ0) is 24.2. The van der Waals surface area contributed by atoms with E-state index in [1.807, 2.05) is 0 Å². The summed E-state index contributed by atoms with van der Waals surface area (Å²) in [6, 6.07) is 0. The van der Waals surface area contributed by atoms with E-state index in [9.17, 15) is 0 Å². The van der Waals surface area contributed by atoms with Gasteiger partial charge in [-0.05, 0) is 68.4 Å². The van der Waals surface area contributed by atoms with Crippen LogP contribution in [0.4, 0.5) is 0 Å². The van der Waals surface area contributed by atoms with Crippen molar-refractivity contribution in [1.82, 2.24) is 0 Å². The number of hydrogen-bond donors (Lipinski definition) is 0. The van der Waals surface area contributed by atoms with Crippen LogP contribution in [-0.4, -0.2) is 61.1 Å². The Balaban J connectivity index is 1.98. The lowest BCUT2D eigenvalue weighted by Crippen LogP contribution is -2.50. The van der Waals surface area contributed by atoms with E-state index in [0.29, 0.717) is 13.2 Å². The summed E-state index contributed by atoms with van der Waals surface area (Å²) in [7, 11) is -3.65. The minimum atomic E-state index is -1.84. The first-order valence-corrected chi connectivity index (χ1v) is 18.6. The van der Waals surface area contributed by atoms with Crippen LogP contribution in [0.5, 0.6) is 0 Å². The predicted molar refractivity (Wildman–Crippen MR) is 137 cm³/mol. The highest BCUT2D eigenvalue weighted by molar-refractivity contribution is 6.74. The van der Waals surface area contributed by atoms with Crippen LogP contribution in [0.1, 0.15) is 80.1 Å². The van der Waals surface area contributed by atoms with Gasteiger partial charge in [0.05, 0.1) is 31.5 Å². The van der Waals surface area contributed by atoms with Gasteiger partial charge in [-0.15, -0.1) is 0 Å². The van der Waals surface area contributed by atoms with Crippen molar-refractivity contribution in [2.24, 2.45) is 0 Å². The molecule has 2 aliphatic heterocycles. The second kappa shape index (κ2) is 11.3. The molecule has 2 heterocycles. The number of rotatable bonds is 9. The molecule has 2 saturated heterocycles. The molecule has 0 aromatic heterocycles. The average molecular weight is 489 g/mol. The van der Waals surface area contributed by atoms with E-state index in [4.69, 9.17) is 23.1 Å². The molecule has 4 atom stereocenters. The lowest BCUT2D eigenvalue weighted by Gasteiger charge is -2.44. The van der Waals surface area contributed by atoms with Gasteiger partial charge >= 0.3 is 0 Å². The Morgan fingerprint density at radius 3 is 2.03 bits per heavy atom. The van der Waals surface area contributed by atoms with E-state index in [2.05, 4.69) is 67.7 Å². The molecule has 2 rings (SSSR count). The van der Waals surface area contributed by atoms with Crippen LogP contribution >= 0.6 is 0 Å². The van der Waals surface area contributed by atoms with Gasteiger partial charge in [-0.1, -0.05) is 41.5 Å². The van der Waals surface area contributed by atoms with Crippen LogP contribution in [0.2, 0.25) is 36.3 Å². The first-order valence-electron chi connectivity index (χ1n) is 12.8.